The van der Waals surface area contributed by atoms with Crippen LogP contribution in [0, 0.1) is 17.0 Å². The highest BCUT2D eigenvalue weighted by molar-refractivity contribution is 7.89. The van der Waals surface area contributed by atoms with Crippen molar-refractivity contribution in [3.05, 3.63) is 41.6 Å². The zero-order valence-electron chi connectivity index (χ0n) is 13.2. The number of nitrogens with one attached hydrogen (secondary N) is 1. The van der Waals surface area contributed by atoms with Gasteiger partial charge in [-0.2, -0.15) is 0 Å². The Morgan fingerprint density at radius 2 is 1.91 bits per heavy atom. The summed E-state index contributed by atoms with van der Waals surface area (Å²) in [7, 11) is -2.54. The molecule has 126 valence electrons. The SMILES string of the molecule is Cn1nncc1S(=O)(=O)NC(c1ccc(F)cc1F)C(C)(C)C. The second-order valence-corrected chi connectivity index (χ2v) is 7.94. The van der Waals surface area contributed by atoms with Gasteiger partial charge in [0.15, 0.2) is 5.03 Å². The Balaban J connectivity index is 2.47. The Bertz CT molecular complexity index is 812. The van der Waals surface area contributed by atoms with E-state index in [0.29, 0.717) is 0 Å². The summed E-state index contributed by atoms with van der Waals surface area (Å²) >= 11 is 0. The maximum Gasteiger partial charge on any atom is 0.259 e. The highest BCUT2D eigenvalue weighted by Gasteiger charge is 2.34. The molecule has 6 nitrogen and oxygen atoms in total. The van der Waals surface area contributed by atoms with Gasteiger partial charge in [-0.15, -0.1) is 5.10 Å². The molecule has 0 aliphatic rings. The van der Waals surface area contributed by atoms with Gasteiger partial charge in [0.2, 0.25) is 0 Å². The minimum atomic E-state index is -3.98. The summed E-state index contributed by atoms with van der Waals surface area (Å²) in [5, 5.41) is 6.96. The molecule has 2 rings (SSSR count). The fourth-order valence-electron chi connectivity index (χ4n) is 2.18. The predicted octanol–water partition coefficient (Wildman–Crippen LogP) is 2.16. The first-order valence-electron chi connectivity index (χ1n) is 6.84. The zero-order chi connectivity index (χ0) is 17.4. The lowest BCUT2D eigenvalue weighted by Crippen LogP contribution is -2.37. The van der Waals surface area contributed by atoms with Crippen LogP contribution in [0.25, 0.3) is 0 Å². The number of halogens is 2. The first-order chi connectivity index (χ1) is 10.5. The molecule has 0 saturated heterocycles. The van der Waals surface area contributed by atoms with Gasteiger partial charge in [-0.1, -0.05) is 32.1 Å². The molecule has 1 N–H and O–H groups in total. The van der Waals surface area contributed by atoms with E-state index < -0.39 is 33.1 Å². The molecule has 1 aromatic carbocycles. The Kier molecular flexibility index (Phi) is 4.54. The van der Waals surface area contributed by atoms with Crippen molar-refractivity contribution in [2.45, 2.75) is 31.8 Å². The third-order valence-electron chi connectivity index (χ3n) is 3.36. The number of aryl methyl sites for hydroxylation is 1. The molecule has 1 heterocycles. The van der Waals surface area contributed by atoms with Gasteiger partial charge in [-0.3, -0.25) is 0 Å². The summed E-state index contributed by atoms with van der Waals surface area (Å²) in [4.78, 5) is 0. The first-order valence-corrected chi connectivity index (χ1v) is 8.32. The molecule has 1 unspecified atom stereocenters. The topological polar surface area (TPSA) is 76.9 Å². The van der Waals surface area contributed by atoms with Gasteiger partial charge in [-0.25, -0.2) is 26.6 Å². The Labute approximate surface area is 133 Å². The molecule has 0 bridgehead atoms. The van der Waals surface area contributed by atoms with Crippen molar-refractivity contribution >= 4 is 10.0 Å². The zero-order valence-corrected chi connectivity index (χ0v) is 14.0. The summed E-state index contributed by atoms with van der Waals surface area (Å²) in [6, 6.07) is 2.17. The van der Waals surface area contributed by atoms with E-state index in [-0.39, 0.29) is 10.6 Å². The number of aromatic nitrogens is 3. The van der Waals surface area contributed by atoms with E-state index in [1.807, 2.05) is 0 Å². The van der Waals surface area contributed by atoms with Crippen LogP contribution in [-0.4, -0.2) is 23.4 Å². The van der Waals surface area contributed by atoms with Crippen molar-refractivity contribution in [2.24, 2.45) is 12.5 Å². The minimum absolute atomic E-state index is 0.0672. The summed E-state index contributed by atoms with van der Waals surface area (Å²) in [5.41, 5.74) is -0.588. The van der Waals surface area contributed by atoms with E-state index in [1.54, 1.807) is 20.8 Å². The summed E-state index contributed by atoms with van der Waals surface area (Å²) < 4.78 is 55.8. The van der Waals surface area contributed by atoms with Crippen LogP contribution >= 0.6 is 0 Å². The number of nitrogens with zero attached hydrogens (tertiary/aromatic N) is 3. The molecule has 1 atom stereocenters. The van der Waals surface area contributed by atoms with Crippen LogP contribution in [0.1, 0.15) is 32.4 Å². The molecule has 0 aliphatic heterocycles. The van der Waals surface area contributed by atoms with Crippen LogP contribution < -0.4 is 4.72 Å². The van der Waals surface area contributed by atoms with Gasteiger partial charge in [0.1, 0.15) is 11.6 Å². The first kappa shape index (κ1) is 17.5. The standard InChI is InChI=1S/C14H18F2N4O2S/c1-14(2,3)13(10-6-5-9(15)7-11(10)16)18-23(21,22)12-8-17-19-20(12)4/h5-8,13,18H,1-4H3. The molecular weight excluding hydrogens is 326 g/mol. The maximum atomic E-state index is 14.1. The average molecular weight is 344 g/mol. The Morgan fingerprint density at radius 3 is 2.39 bits per heavy atom. The fourth-order valence-corrected chi connectivity index (χ4v) is 3.66. The van der Waals surface area contributed by atoms with Gasteiger partial charge < -0.3 is 0 Å². The fraction of sp³-hybridized carbons (Fsp3) is 0.429. The highest BCUT2D eigenvalue weighted by Crippen LogP contribution is 2.35. The van der Waals surface area contributed by atoms with Gasteiger partial charge in [0, 0.05) is 18.7 Å². The normalized spacial score (nSPS) is 14.0. The molecular formula is C14H18F2N4O2S. The van der Waals surface area contributed by atoms with Gasteiger partial charge in [0.05, 0.1) is 12.2 Å². The summed E-state index contributed by atoms with van der Waals surface area (Å²) in [6.07, 6.45) is 1.10. The minimum Gasteiger partial charge on any atom is -0.236 e. The number of hydrogen-bond acceptors (Lipinski definition) is 4. The Morgan fingerprint density at radius 1 is 1.26 bits per heavy atom. The van der Waals surface area contributed by atoms with E-state index in [9.17, 15) is 17.2 Å². The monoisotopic (exact) mass is 344 g/mol. The van der Waals surface area contributed by atoms with Crippen molar-refractivity contribution in [1.82, 2.24) is 19.7 Å². The van der Waals surface area contributed by atoms with Gasteiger partial charge in [0.25, 0.3) is 10.0 Å². The van der Waals surface area contributed by atoms with Gasteiger partial charge >= 0.3 is 0 Å². The molecule has 0 saturated carbocycles. The van der Waals surface area contributed by atoms with Crippen LogP contribution in [0.3, 0.4) is 0 Å². The summed E-state index contributed by atoms with van der Waals surface area (Å²) in [6.45, 7) is 5.26. The maximum absolute atomic E-state index is 14.1. The van der Waals surface area contributed by atoms with E-state index in [2.05, 4.69) is 15.0 Å². The molecule has 0 amide bonds. The smallest absolute Gasteiger partial charge is 0.236 e. The van der Waals surface area contributed by atoms with Crippen LogP contribution in [0.15, 0.2) is 29.4 Å². The third kappa shape index (κ3) is 3.73. The number of benzene rings is 1. The van der Waals surface area contributed by atoms with Crippen LogP contribution in [0.2, 0.25) is 0 Å². The van der Waals surface area contributed by atoms with Crippen molar-refractivity contribution in [3.63, 3.8) is 0 Å². The van der Waals surface area contributed by atoms with E-state index in [1.165, 1.54) is 13.1 Å². The van der Waals surface area contributed by atoms with Crippen molar-refractivity contribution in [3.8, 4) is 0 Å². The van der Waals surface area contributed by atoms with Crippen LogP contribution in [0.4, 0.5) is 8.78 Å². The average Bonchev–Trinajstić information content (AvgIpc) is 2.83. The lowest BCUT2D eigenvalue weighted by molar-refractivity contribution is 0.296. The second kappa shape index (κ2) is 5.97. The largest absolute Gasteiger partial charge is 0.259 e. The van der Waals surface area contributed by atoms with E-state index in [4.69, 9.17) is 0 Å². The van der Waals surface area contributed by atoms with Crippen LogP contribution in [-0.2, 0) is 17.1 Å². The quantitative estimate of drug-likeness (QED) is 0.922. The molecule has 0 aliphatic carbocycles. The third-order valence-corrected chi connectivity index (χ3v) is 4.83. The molecule has 2 aromatic rings. The van der Waals surface area contributed by atoms with Crippen molar-refractivity contribution in [1.29, 1.82) is 0 Å². The Hall–Kier alpha value is -1.87. The number of rotatable bonds is 4. The molecule has 9 heteroatoms. The van der Waals surface area contributed by atoms with E-state index >= 15 is 0 Å². The van der Waals surface area contributed by atoms with Crippen molar-refractivity contribution in [2.75, 3.05) is 0 Å². The molecule has 0 spiro atoms. The van der Waals surface area contributed by atoms with Crippen LogP contribution in [0.5, 0.6) is 0 Å². The second-order valence-electron chi connectivity index (χ2n) is 6.28. The predicted molar refractivity (Wildman–Crippen MR) is 79.9 cm³/mol. The van der Waals surface area contributed by atoms with E-state index in [0.717, 1.165) is 23.0 Å². The lowest BCUT2D eigenvalue weighted by Gasteiger charge is -2.31. The lowest BCUT2D eigenvalue weighted by atomic mass is 9.83. The number of sulfonamides is 1. The molecule has 0 fully saturated rings. The highest BCUT2D eigenvalue weighted by atomic mass is 32.2. The molecule has 0 radical (unpaired) electrons. The van der Waals surface area contributed by atoms with Gasteiger partial charge in [-0.05, 0) is 11.5 Å². The van der Waals surface area contributed by atoms with Crippen molar-refractivity contribution < 1.29 is 17.2 Å². The molecule has 23 heavy (non-hydrogen) atoms. The summed E-state index contributed by atoms with van der Waals surface area (Å²) in [5.74, 6) is -1.53. The number of hydrogen-bond donors (Lipinski definition) is 1. The molecule has 1 aromatic heterocycles.